The van der Waals surface area contributed by atoms with E-state index in [1.807, 2.05) is 0 Å². The van der Waals surface area contributed by atoms with E-state index in [-0.39, 0.29) is 5.54 Å². The lowest BCUT2D eigenvalue weighted by molar-refractivity contribution is -0.00833. The maximum absolute atomic E-state index is 5.37. The summed E-state index contributed by atoms with van der Waals surface area (Å²) in [5.41, 5.74) is 0.0670. The summed E-state index contributed by atoms with van der Waals surface area (Å²) in [6.07, 6.45) is 5.21. The molecule has 1 rings (SSSR count). The molecule has 1 fully saturated rings. The van der Waals surface area contributed by atoms with Crippen LogP contribution in [0, 0.1) is 12.3 Å². The quantitative estimate of drug-likeness (QED) is 0.417. The number of nitrogens with one attached hydrogen (secondary N) is 2. The SMILES string of the molecule is C#CCNC(=NC)NCC(C)(C)N1CCOCC1. The molecule has 1 saturated heterocycles. The van der Waals surface area contributed by atoms with Crippen LogP contribution in [0.3, 0.4) is 0 Å². The summed E-state index contributed by atoms with van der Waals surface area (Å²) < 4.78 is 5.37. The molecule has 102 valence electrons. The fourth-order valence-corrected chi connectivity index (χ4v) is 1.94. The highest BCUT2D eigenvalue weighted by Gasteiger charge is 2.28. The van der Waals surface area contributed by atoms with Gasteiger partial charge in [0.2, 0.25) is 0 Å². The van der Waals surface area contributed by atoms with Crippen LogP contribution in [0.5, 0.6) is 0 Å². The topological polar surface area (TPSA) is 48.9 Å². The Labute approximate surface area is 110 Å². The van der Waals surface area contributed by atoms with E-state index in [2.05, 4.69) is 40.3 Å². The molecule has 0 atom stereocenters. The van der Waals surface area contributed by atoms with Gasteiger partial charge in [0.15, 0.2) is 5.96 Å². The first-order chi connectivity index (χ1) is 8.60. The molecule has 0 bridgehead atoms. The van der Waals surface area contributed by atoms with E-state index in [1.165, 1.54) is 0 Å². The van der Waals surface area contributed by atoms with Gasteiger partial charge in [-0.15, -0.1) is 6.42 Å². The maximum Gasteiger partial charge on any atom is 0.191 e. The van der Waals surface area contributed by atoms with Crippen molar-refractivity contribution in [2.75, 3.05) is 46.4 Å². The lowest BCUT2D eigenvalue weighted by Gasteiger charge is -2.41. The van der Waals surface area contributed by atoms with Gasteiger partial charge in [0.05, 0.1) is 19.8 Å². The Kier molecular flexibility index (Phi) is 5.96. The largest absolute Gasteiger partial charge is 0.379 e. The van der Waals surface area contributed by atoms with Gasteiger partial charge >= 0.3 is 0 Å². The van der Waals surface area contributed by atoms with Crippen LogP contribution in [0.25, 0.3) is 0 Å². The molecule has 0 aromatic carbocycles. The fraction of sp³-hybridized carbons (Fsp3) is 0.769. The molecular formula is C13H24N4O. The lowest BCUT2D eigenvalue weighted by Crippen LogP contribution is -2.56. The molecule has 0 amide bonds. The van der Waals surface area contributed by atoms with Gasteiger partial charge in [0.1, 0.15) is 0 Å². The lowest BCUT2D eigenvalue weighted by atomic mass is 10.0. The maximum atomic E-state index is 5.37. The first-order valence-electron chi connectivity index (χ1n) is 6.31. The van der Waals surface area contributed by atoms with Crippen molar-refractivity contribution in [1.82, 2.24) is 15.5 Å². The summed E-state index contributed by atoms with van der Waals surface area (Å²) in [4.78, 5) is 6.56. The molecule has 1 aliphatic rings. The highest BCUT2D eigenvalue weighted by molar-refractivity contribution is 5.79. The molecule has 5 nitrogen and oxygen atoms in total. The minimum Gasteiger partial charge on any atom is -0.379 e. The van der Waals surface area contributed by atoms with E-state index < -0.39 is 0 Å². The van der Waals surface area contributed by atoms with Crippen molar-refractivity contribution in [2.24, 2.45) is 4.99 Å². The summed E-state index contributed by atoms with van der Waals surface area (Å²) in [7, 11) is 1.74. The summed E-state index contributed by atoms with van der Waals surface area (Å²) in [6, 6.07) is 0. The Hall–Kier alpha value is -1.25. The molecule has 1 aliphatic heterocycles. The minimum atomic E-state index is 0.0670. The monoisotopic (exact) mass is 252 g/mol. The predicted molar refractivity (Wildman–Crippen MR) is 74.7 cm³/mol. The molecule has 0 radical (unpaired) electrons. The van der Waals surface area contributed by atoms with Crippen molar-refractivity contribution in [3.05, 3.63) is 0 Å². The zero-order chi connectivity index (χ0) is 13.4. The van der Waals surface area contributed by atoms with Gasteiger partial charge in [0, 0.05) is 32.2 Å². The zero-order valence-corrected chi connectivity index (χ0v) is 11.6. The van der Waals surface area contributed by atoms with Gasteiger partial charge in [-0.3, -0.25) is 9.89 Å². The van der Waals surface area contributed by atoms with Crippen LogP contribution < -0.4 is 10.6 Å². The Morgan fingerprint density at radius 1 is 1.39 bits per heavy atom. The van der Waals surface area contributed by atoms with E-state index in [4.69, 9.17) is 11.2 Å². The Morgan fingerprint density at radius 2 is 2.06 bits per heavy atom. The third kappa shape index (κ3) is 4.55. The normalized spacial score (nSPS) is 18.2. The summed E-state index contributed by atoms with van der Waals surface area (Å²) in [5, 5.41) is 6.36. The molecule has 0 aliphatic carbocycles. The number of rotatable bonds is 4. The van der Waals surface area contributed by atoms with Crippen LogP contribution in [-0.2, 0) is 4.74 Å². The van der Waals surface area contributed by atoms with Crippen LogP contribution in [0.4, 0.5) is 0 Å². The highest BCUT2D eigenvalue weighted by atomic mass is 16.5. The number of terminal acetylenes is 1. The molecule has 18 heavy (non-hydrogen) atoms. The van der Waals surface area contributed by atoms with E-state index in [1.54, 1.807) is 7.05 Å². The number of guanidine groups is 1. The summed E-state index contributed by atoms with van der Waals surface area (Å²) >= 11 is 0. The first-order valence-corrected chi connectivity index (χ1v) is 6.31. The molecule has 0 unspecified atom stereocenters. The van der Waals surface area contributed by atoms with Gasteiger partial charge in [0.25, 0.3) is 0 Å². The second-order valence-electron chi connectivity index (χ2n) is 4.90. The molecule has 0 aromatic rings. The number of hydrogen-bond donors (Lipinski definition) is 2. The van der Waals surface area contributed by atoms with Crippen LogP contribution in [-0.4, -0.2) is 62.8 Å². The third-order valence-electron chi connectivity index (χ3n) is 3.14. The van der Waals surface area contributed by atoms with Gasteiger partial charge in [-0.2, -0.15) is 0 Å². The third-order valence-corrected chi connectivity index (χ3v) is 3.14. The van der Waals surface area contributed by atoms with Gasteiger partial charge in [-0.05, 0) is 13.8 Å². The molecule has 1 heterocycles. The van der Waals surface area contributed by atoms with Crippen molar-refractivity contribution in [3.63, 3.8) is 0 Å². The van der Waals surface area contributed by atoms with Gasteiger partial charge < -0.3 is 15.4 Å². The zero-order valence-electron chi connectivity index (χ0n) is 11.6. The molecule has 0 aromatic heterocycles. The van der Waals surface area contributed by atoms with Crippen LogP contribution in [0.1, 0.15) is 13.8 Å². The van der Waals surface area contributed by atoms with Crippen molar-refractivity contribution in [2.45, 2.75) is 19.4 Å². The average Bonchev–Trinajstić information content (AvgIpc) is 2.40. The van der Waals surface area contributed by atoms with Crippen LogP contribution in [0.15, 0.2) is 4.99 Å². The number of morpholine rings is 1. The first kappa shape index (κ1) is 14.8. The number of hydrogen-bond acceptors (Lipinski definition) is 3. The van der Waals surface area contributed by atoms with Crippen molar-refractivity contribution in [1.29, 1.82) is 0 Å². The Bertz CT molecular complexity index is 313. The molecule has 5 heteroatoms. The highest BCUT2D eigenvalue weighted by Crippen LogP contribution is 2.14. The van der Waals surface area contributed by atoms with E-state index >= 15 is 0 Å². The summed E-state index contributed by atoms with van der Waals surface area (Å²) in [5.74, 6) is 3.28. The van der Waals surface area contributed by atoms with Crippen LogP contribution >= 0.6 is 0 Å². The van der Waals surface area contributed by atoms with Crippen molar-refractivity contribution in [3.8, 4) is 12.3 Å². The second kappa shape index (κ2) is 7.24. The van der Waals surface area contributed by atoms with E-state index in [9.17, 15) is 0 Å². The second-order valence-corrected chi connectivity index (χ2v) is 4.90. The molecule has 2 N–H and O–H groups in total. The Balaban J connectivity index is 2.42. The van der Waals surface area contributed by atoms with Crippen molar-refractivity contribution < 1.29 is 4.74 Å². The van der Waals surface area contributed by atoms with E-state index in [0.717, 1.165) is 38.8 Å². The molecule has 0 saturated carbocycles. The molecule has 0 spiro atoms. The number of aliphatic imine (C=N–C) groups is 1. The Morgan fingerprint density at radius 3 is 2.61 bits per heavy atom. The smallest absolute Gasteiger partial charge is 0.191 e. The van der Waals surface area contributed by atoms with E-state index in [0.29, 0.717) is 6.54 Å². The standard InChI is InChI=1S/C13H24N4O/c1-5-6-15-12(14-4)16-11-13(2,3)17-7-9-18-10-8-17/h1H,6-11H2,2-4H3,(H2,14,15,16). The number of nitrogens with zero attached hydrogens (tertiary/aromatic N) is 2. The minimum absolute atomic E-state index is 0.0670. The summed E-state index contributed by atoms with van der Waals surface area (Å²) in [6.45, 7) is 9.32. The molecular weight excluding hydrogens is 228 g/mol. The van der Waals surface area contributed by atoms with Gasteiger partial charge in [-0.25, -0.2) is 0 Å². The van der Waals surface area contributed by atoms with Gasteiger partial charge in [-0.1, -0.05) is 5.92 Å². The number of ether oxygens (including phenoxy) is 1. The fourth-order valence-electron chi connectivity index (χ4n) is 1.94. The average molecular weight is 252 g/mol. The predicted octanol–water partition coefficient (Wildman–Crippen LogP) is -0.105. The van der Waals surface area contributed by atoms with Crippen molar-refractivity contribution >= 4 is 5.96 Å². The van der Waals surface area contributed by atoms with Crippen LogP contribution in [0.2, 0.25) is 0 Å².